The van der Waals surface area contributed by atoms with Gasteiger partial charge in [0.2, 0.25) is 5.28 Å². The van der Waals surface area contributed by atoms with Gasteiger partial charge in [-0.3, -0.25) is 4.57 Å². The van der Waals surface area contributed by atoms with E-state index in [0.29, 0.717) is 17.5 Å². The summed E-state index contributed by atoms with van der Waals surface area (Å²) >= 11 is 6.10. The predicted molar refractivity (Wildman–Crippen MR) is 119 cm³/mol. The maximum absolute atomic E-state index is 11.7. The molecule has 5 atom stereocenters. The largest absolute Gasteiger partial charge is 0.387 e. The summed E-state index contributed by atoms with van der Waals surface area (Å²) in [5.74, 6) is 0.471. The van der Waals surface area contributed by atoms with Crippen LogP contribution in [0.3, 0.4) is 0 Å². The van der Waals surface area contributed by atoms with E-state index in [1.54, 1.807) is 0 Å². The van der Waals surface area contributed by atoms with Crippen LogP contribution in [-0.4, -0.2) is 90.6 Å². The molecule has 14 nitrogen and oxygen atoms in total. The molecule has 3 heterocycles. The number of halogens is 1. The van der Waals surface area contributed by atoms with Gasteiger partial charge in [0.1, 0.15) is 24.1 Å². The number of sulfone groups is 1. The molecule has 0 bridgehead atoms. The first kappa shape index (κ1) is 25.7. The highest BCUT2D eigenvalue weighted by Crippen LogP contribution is 2.45. The summed E-state index contributed by atoms with van der Waals surface area (Å²) in [6, 6.07) is 0.228. The average Bonchev–Trinajstić information content (AvgIpc) is 3.42. The topological polar surface area (TPSA) is 206 Å². The number of rotatable bonds is 8. The maximum Gasteiger partial charge on any atom is 0.369 e. The van der Waals surface area contributed by atoms with Crippen LogP contribution in [0.5, 0.6) is 0 Å². The van der Waals surface area contributed by atoms with Gasteiger partial charge in [-0.2, -0.15) is 15.1 Å². The number of aromatic nitrogens is 4. The summed E-state index contributed by atoms with van der Waals surface area (Å²) < 4.78 is 46.6. The van der Waals surface area contributed by atoms with Crippen LogP contribution in [0.2, 0.25) is 5.28 Å². The van der Waals surface area contributed by atoms with Crippen LogP contribution < -0.4 is 5.32 Å². The van der Waals surface area contributed by atoms with Gasteiger partial charge in [0, 0.05) is 12.3 Å². The van der Waals surface area contributed by atoms with Crippen molar-refractivity contribution < 1.29 is 42.5 Å². The highest BCUT2D eigenvalue weighted by atomic mass is 35.5. The molecule has 5 N–H and O–H groups in total. The number of nitrogens with one attached hydrogen (secondary N) is 1. The molecule has 2 aromatic heterocycles. The van der Waals surface area contributed by atoms with Crippen molar-refractivity contribution in [3.05, 3.63) is 11.5 Å². The zero-order chi connectivity index (χ0) is 24.8. The van der Waals surface area contributed by atoms with Crippen molar-refractivity contribution in [3.8, 4) is 0 Å². The molecule has 4 rings (SSSR count). The molecule has 1 aliphatic heterocycles. The van der Waals surface area contributed by atoms with E-state index in [0.717, 1.165) is 25.7 Å². The van der Waals surface area contributed by atoms with Crippen molar-refractivity contribution >= 4 is 45.9 Å². The molecule has 1 aliphatic carbocycles. The van der Waals surface area contributed by atoms with Crippen molar-refractivity contribution in [1.82, 2.24) is 19.7 Å². The summed E-state index contributed by atoms with van der Waals surface area (Å²) in [6.07, 6.45) is 0.547. The molecular formula is C17H25ClN5O9PS. The SMILES string of the molecule is CS(=O)(=O)C(OC[C@H]1O[C@@H](n2ncc3c(NC4CCCC4)nc(Cl)nc32)[C@H](O)[C@@H]1O)P(=O)(O)O. The first-order valence-electron chi connectivity index (χ1n) is 10.4. The van der Waals surface area contributed by atoms with Crippen molar-refractivity contribution in [3.63, 3.8) is 0 Å². The lowest BCUT2D eigenvalue weighted by Gasteiger charge is -2.20. The standard InChI is InChI=1S/C17H25ClN5O9PS/c1-34(29,30)17(33(26,27)28)31-7-10-11(24)12(25)15(32-10)23-14-9(6-19-23)13(21-16(18)22-14)20-8-4-2-3-5-8/h6,8,10-12,15,17,24-25H,2-5,7H2,1H3,(H,20,21,22)(H2,26,27,28)/t10-,11-,12-,15-,17?/m1/s1. The number of anilines is 1. The molecule has 1 saturated carbocycles. The maximum atomic E-state index is 11.7. The van der Waals surface area contributed by atoms with Crippen LogP contribution in [0, 0.1) is 0 Å². The molecule has 2 aliphatic rings. The lowest BCUT2D eigenvalue weighted by atomic mass is 10.1. The zero-order valence-electron chi connectivity index (χ0n) is 17.9. The van der Waals surface area contributed by atoms with Crippen LogP contribution in [0.15, 0.2) is 6.20 Å². The van der Waals surface area contributed by atoms with E-state index in [-0.39, 0.29) is 17.0 Å². The van der Waals surface area contributed by atoms with Gasteiger partial charge in [-0.1, -0.05) is 12.8 Å². The molecular weight excluding hydrogens is 517 g/mol. The Bertz CT molecular complexity index is 1200. The monoisotopic (exact) mass is 541 g/mol. The highest BCUT2D eigenvalue weighted by molar-refractivity contribution is 7.97. The van der Waals surface area contributed by atoms with Gasteiger partial charge in [-0.05, 0) is 24.4 Å². The fourth-order valence-corrected chi connectivity index (χ4v) is 6.94. The predicted octanol–water partition coefficient (Wildman–Crippen LogP) is -0.0241. The molecule has 0 spiro atoms. The molecule has 0 amide bonds. The Hall–Kier alpha value is -1.42. The number of aliphatic hydroxyl groups excluding tert-OH is 2. The van der Waals surface area contributed by atoms with E-state index in [4.69, 9.17) is 21.1 Å². The van der Waals surface area contributed by atoms with Crippen LogP contribution in [-0.2, 0) is 23.9 Å². The first-order chi connectivity index (χ1) is 15.9. The second-order valence-electron chi connectivity index (χ2n) is 8.40. The van der Waals surface area contributed by atoms with Crippen LogP contribution in [0.4, 0.5) is 5.82 Å². The Kier molecular flexibility index (Phi) is 7.22. The molecule has 17 heteroatoms. The number of hydrogen-bond acceptors (Lipinski definition) is 11. The molecule has 2 fully saturated rings. The number of nitrogens with zero attached hydrogens (tertiary/aromatic N) is 4. The fourth-order valence-electron chi connectivity index (χ4n) is 4.18. The minimum atomic E-state index is -5.18. The number of fused-ring (bicyclic) bond motifs is 1. The Balaban J connectivity index is 1.56. The van der Waals surface area contributed by atoms with Crippen molar-refractivity contribution in [2.45, 2.75) is 61.4 Å². The highest BCUT2D eigenvalue weighted by Gasteiger charge is 2.47. The quantitative estimate of drug-likeness (QED) is 0.220. The van der Waals surface area contributed by atoms with E-state index >= 15 is 0 Å². The number of hydrogen-bond donors (Lipinski definition) is 5. The van der Waals surface area contributed by atoms with E-state index in [2.05, 4.69) is 20.4 Å². The molecule has 2 aromatic rings. The summed E-state index contributed by atoms with van der Waals surface area (Å²) in [6.45, 7) is -0.721. The summed E-state index contributed by atoms with van der Waals surface area (Å²) in [7, 11) is -9.47. The zero-order valence-corrected chi connectivity index (χ0v) is 20.4. The lowest BCUT2D eigenvalue weighted by Crippen LogP contribution is -2.36. The summed E-state index contributed by atoms with van der Waals surface area (Å²) in [5.41, 5.74) is 0.225. The second-order valence-corrected chi connectivity index (χ2v) is 12.8. The van der Waals surface area contributed by atoms with Gasteiger partial charge >= 0.3 is 7.60 Å². The van der Waals surface area contributed by atoms with Crippen molar-refractivity contribution in [2.24, 2.45) is 0 Å². The Morgan fingerprint density at radius 3 is 2.59 bits per heavy atom. The van der Waals surface area contributed by atoms with Gasteiger partial charge in [-0.15, -0.1) is 0 Å². The Morgan fingerprint density at radius 1 is 1.29 bits per heavy atom. The van der Waals surface area contributed by atoms with E-state index in [9.17, 15) is 33.0 Å². The van der Waals surface area contributed by atoms with Crippen molar-refractivity contribution in [2.75, 3.05) is 18.2 Å². The second kappa shape index (κ2) is 9.56. The van der Waals surface area contributed by atoms with E-state index in [1.165, 1.54) is 10.9 Å². The van der Waals surface area contributed by atoms with E-state index in [1.807, 2.05) is 0 Å². The van der Waals surface area contributed by atoms with Gasteiger partial charge in [0.15, 0.2) is 21.7 Å². The van der Waals surface area contributed by atoms with Gasteiger partial charge in [0.25, 0.3) is 5.18 Å². The minimum Gasteiger partial charge on any atom is -0.387 e. The number of aliphatic hydroxyl groups is 2. The molecule has 190 valence electrons. The first-order valence-corrected chi connectivity index (χ1v) is 14.4. The Labute approximate surface area is 199 Å². The van der Waals surface area contributed by atoms with E-state index < -0.39 is 53.8 Å². The van der Waals surface area contributed by atoms with Gasteiger partial charge < -0.3 is 34.8 Å². The molecule has 0 radical (unpaired) electrons. The van der Waals surface area contributed by atoms with Crippen LogP contribution in [0.25, 0.3) is 11.0 Å². The number of ether oxygens (including phenoxy) is 2. The minimum absolute atomic E-state index is 0.0692. The third-order valence-corrected chi connectivity index (χ3v) is 9.45. The Morgan fingerprint density at radius 2 is 1.97 bits per heavy atom. The summed E-state index contributed by atoms with van der Waals surface area (Å²) in [4.78, 5) is 27.0. The smallest absolute Gasteiger partial charge is 0.369 e. The molecule has 1 saturated heterocycles. The third kappa shape index (κ3) is 5.22. The summed E-state index contributed by atoms with van der Waals surface area (Å²) in [5, 5.41) is 26.5. The third-order valence-electron chi connectivity index (χ3n) is 5.74. The molecule has 34 heavy (non-hydrogen) atoms. The normalized spacial score (nSPS) is 27.5. The average molecular weight is 542 g/mol. The van der Waals surface area contributed by atoms with Crippen LogP contribution in [0.1, 0.15) is 31.9 Å². The molecule has 1 unspecified atom stereocenters. The lowest BCUT2D eigenvalue weighted by molar-refractivity contribution is -0.0690. The van der Waals surface area contributed by atoms with Gasteiger partial charge in [-0.25, -0.2) is 13.1 Å². The van der Waals surface area contributed by atoms with Crippen LogP contribution >= 0.6 is 19.2 Å². The molecule has 0 aromatic carbocycles. The van der Waals surface area contributed by atoms with Gasteiger partial charge in [0.05, 0.1) is 18.2 Å². The fraction of sp³-hybridized carbons (Fsp3) is 0.706. The van der Waals surface area contributed by atoms with Crippen molar-refractivity contribution in [1.29, 1.82) is 0 Å².